The number of nitrogens with zero attached hydrogens (tertiary/aromatic N) is 6. The van der Waals surface area contributed by atoms with E-state index in [1.54, 1.807) is 13.0 Å². The van der Waals surface area contributed by atoms with Gasteiger partial charge in [0.2, 0.25) is 5.16 Å². The molecule has 130 valence electrons. The van der Waals surface area contributed by atoms with E-state index in [9.17, 15) is 13.2 Å². The summed E-state index contributed by atoms with van der Waals surface area (Å²) in [6, 6.07) is 6.70. The lowest BCUT2D eigenvalue weighted by atomic mass is 10.3. The Balaban J connectivity index is 1.84. The molecular formula is C13H8ClF3N6OS. The summed E-state index contributed by atoms with van der Waals surface area (Å²) in [4.78, 5) is 8.17. The van der Waals surface area contributed by atoms with Crippen LogP contribution < -0.4 is 4.74 Å². The molecule has 3 aromatic rings. The van der Waals surface area contributed by atoms with Gasteiger partial charge in [-0.3, -0.25) is 0 Å². The maximum atomic E-state index is 12.2. The summed E-state index contributed by atoms with van der Waals surface area (Å²) >= 11 is 7.03. The molecule has 12 heteroatoms. The molecule has 25 heavy (non-hydrogen) atoms. The predicted molar refractivity (Wildman–Crippen MR) is 81.7 cm³/mol. The van der Waals surface area contributed by atoms with E-state index in [4.69, 9.17) is 11.6 Å². The van der Waals surface area contributed by atoms with Crippen LogP contribution in [0, 0.1) is 6.92 Å². The minimum absolute atomic E-state index is 0.280. The molecule has 0 fully saturated rings. The number of hydrogen-bond donors (Lipinski definition) is 0. The second-order valence-electron chi connectivity index (χ2n) is 4.59. The largest absolute Gasteiger partial charge is 0.573 e. The average molecular weight is 389 g/mol. The van der Waals surface area contributed by atoms with E-state index in [-0.39, 0.29) is 10.9 Å². The molecule has 0 aliphatic carbocycles. The van der Waals surface area contributed by atoms with Gasteiger partial charge >= 0.3 is 6.36 Å². The third kappa shape index (κ3) is 4.57. The lowest BCUT2D eigenvalue weighted by Gasteiger charge is -2.09. The lowest BCUT2D eigenvalue weighted by molar-refractivity contribution is -0.274. The van der Waals surface area contributed by atoms with Crippen molar-refractivity contribution in [3.05, 3.63) is 41.3 Å². The molecule has 2 heterocycles. The van der Waals surface area contributed by atoms with Gasteiger partial charge in [-0.2, -0.15) is 4.68 Å². The first kappa shape index (κ1) is 17.4. The van der Waals surface area contributed by atoms with Crippen LogP contribution in [0.25, 0.3) is 5.69 Å². The number of hydrogen-bond acceptors (Lipinski definition) is 7. The number of aryl methyl sites for hydroxylation is 1. The molecule has 0 bridgehead atoms. The first-order valence-electron chi connectivity index (χ1n) is 6.64. The van der Waals surface area contributed by atoms with Crippen LogP contribution in [-0.2, 0) is 0 Å². The second kappa shape index (κ2) is 6.84. The molecule has 0 saturated carbocycles. The average Bonchev–Trinajstić information content (AvgIpc) is 2.93. The zero-order chi connectivity index (χ0) is 18.0. The fourth-order valence-corrected chi connectivity index (χ4v) is 2.98. The Hall–Kier alpha value is -2.40. The maximum absolute atomic E-state index is 12.2. The molecule has 1 aromatic carbocycles. The molecule has 0 radical (unpaired) electrons. The van der Waals surface area contributed by atoms with Gasteiger partial charge in [0.05, 0.1) is 5.69 Å². The predicted octanol–water partition coefficient (Wildman–Crippen LogP) is 3.46. The van der Waals surface area contributed by atoms with E-state index < -0.39 is 6.36 Å². The second-order valence-corrected chi connectivity index (χ2v) is 5.97. The molecule has 0 aliphatic rings. The van der Waals surface area contributed by atoms with Crippen LogP contribution >= 0.6 is 23.4 Å². The number of halogens is 4. The van der Waals surface area contributed by atoms with Gasteiger partial charge in [0, 0.05) is 6.07 Å². The normalized spacial score (nSPS) is 11.6. The highest BCUT2D eigenvalue weighted by Crippen LogP contribution is 2.28. The van der Waals surface area contributed by atoms with Crippen molar-refractivity contribution in [1.29, 1.82) is 0 Å². The van der Waals surface area contributed by atoms with E-state index >= 15 is 0 Å². The van der Waals surface area contributed by atoms with E-state index in [2.05, 4.69) is 30.2 Å². The van der Waals surface area contributed by atoms with Crippen LogP contribution in [0.1, 0.15) is 5.82 Å². The van der Waals surface area contributed by atoms with E-state index in [0.29, 0.717) is 21.7 Å². The fraction of sp³-hybridized carbons (Fsp3) is 0.154. The molecule has 2 aromatic heterocycles. The highest BCUT2D eigenvalue weighted by atomic mass is 35.5. The van der Waals surface area contributed by atoms with Crippen molar-refractivity contribution >= 4 is 23.4 Å². The molecule has 0 N–H and O–H groups in total. The SMILES string of the molecule is Cc1nc(Cl)cc(Sc2nnnn2-c2ccc(OC(F)(F)F)cc2)n1. The maximum Gasteiger partial charge on any atom is 0.573 e. The minimum atomic E-state index is -4.75. The highest BCUT2D eigenvalue weighted by molar-refractivity contribution is 7.99. The quantitative estimate of drug-likeness (QED) is 0.633. The lowest BCUT2D eigenvalue weighted by Crippen LogP contribution is -2.17. The molecule has 0 unspecified atom stereocenters. The zero-order valence-corrected chi connectivity index (χ0v) is 14.0. The first-order valence-corrected chi connectivity index (χ1v) is 7.83. The monoisotopic (exact) mass is 388 g/mol. The topological polar surface area (TPSA) is 78.6 Å². The number of rotatable bonds is 4. The number of tetrazole rings is 1. The van der Waals surface area contributed by atoms with Crippen molar-refractivity contribution in [2.24, 2.45) is 0 Å². The molecule has 0 aliphatic heterocycles. The fourth-order valence-electron chi connectivity index (χ4n) is 1.84. The minimum Gasteiger partial charge on any atom is -0.406 e. The summed E-state index contributed by atoms with van der Waals surface area (Å²) < 4.78 is 41.8. The highest BCUT2D eigenvalue weighted by Gasteiger charge is 2.31. The first-order chi connectivity index (χ1) is 11.8. The number of benzene rings is 1. The van der Waals surface area contributed by atoms with Crippen LogP contribution in [-0.4, -0.2) is 36.5 Å². The van der Waals surface area contributed by atoms with Crippen LogP contribution in [0.3, 0.4) is 0 Å². The number of aromatic nitrogens is 6. The number of alkyl halides is 3. The molecular weight excluding hydrogens is 381 g/mol. The Bertz CT molecular complexity index is 866. The van der Waals surface area contributed by atoms with Gasteiger partial charge in [-0.15, -0.1) is 18.3 Å². The van der Waals surface area contributed by atoms with Gasteiger partial charge in [-0.25, -0.2) is 9.97 Å². The summed E-state index contributed by atoms with van der Waals surface area (Å²) in [5.74, 6) is 0.152. The molecule has 0 amide bonds. The van der Waals surface area contributed by atoms with E-state index in [1.165, 1.54) is 28.9 Å². The molecule has 0 atom stereocenters. The van der Waals surface area contributed by atoms with Crippen molar-refractivity contribution < 1.29 is 17.9 Å². The number of ether oxygens (including phenoxy) is 1. The van der Waals surface area contributed by atoms with Gasteiger partial charge in [-0.1, -0.05) is 11.6 Å². The van der Waals surface area contributed by atoms with Crippen LogP contribution in [0.2, 0.25) is 5.15 Å². The van der Waals surface area contributed by atoms with Crippen molar-refractivity contribution in [3.8, 4) is 11.4 Å². The van der Waals surface area contributed by atoms with Crippen molar-refractivity contribution in [2.45, 2.75) is 23.5 Å². The molecule has 3 rings (SSSR count). The van der Waals surface area contributed by atoms with Crippen LogP contribution in [0.4, 0.5) is 13.2 Å². The Morgan fingerprint density at radius 3 is 2.52 bits per heavy atom. The third-order valence-corrected chi connectivity index (χ3v) is 3.78. The third-order valence-electron chi connectivity index (χ3n) is 2.73. The van der Waals surface area contributed by atoms with Gasteiger partial charge in [0.1, 0.15) is 21.8 Å². The Morgan fingerprint density at radius 2 is 1.88 bits per heavy atom. The zero-order valence-electron chi connectivity index (χ0n) is 12.4. The molecule has 0 spiro atoms. The Morgan fingerprint density at radius 1 is 1.16 bits per heavy atom. The van der Waals surface area contributed by atoms with E-state index in [1.807, 2.05) is 0 Å². The van der Waals surface area contributed by atoms with Gasteiger partial charge in [0.15, 0.2) is 0 Å². The van der Waals surface area contributed by atoms with Gasteiger partial charge < -0.3 is 4.74 Å². The Labute approximate surface area is 148 Å². The van der Waals surface area contributed by atoms with E-state index in [0.717, 1.165) is 11.8 Å². The summed E-state index contributed by atoms with van der Waals surface area (Å²) in [6.45, 7) is 1.69. The van der Waals surface area contributed by atoms with Crippen LogP contribution in [0.5, 0.6) is 5.75 Å². The Kier molecular flexibility index (Phi) is 4.77. The summed E-state index contributed by atoms with van der Waals surface area (Å²) in [6.07, 6.45) is -4.75. The summed E-state index contributed by atoms with van der Waals surface area (Å²) in [5, 5.41) is 12.5. The summed E-state index contributed by atoms with van der Waals surface area (Å²) in [7, 11) is 0. The summed E-state index contributed by atoms with van der Waals surface area (Å²) in [5.41, 5.74) is 0.457. The standard InChI is InChI=1S/C13H8ClF3N6OS/c1-7-18-10(14)6-11(19-7)25-12-20-21-22-23(12)8-2-4-9(5-3-8)24-13(15,16)17/h2-6H,1H3. The van der Waals surface area contributed by atoms with Crippen molar-refractivity contribution in [1.82, 2.24) is 30.2 Å². The van der Waals surface area contributed by atoms with Crippen molar-refractivity contribution in [2.75, 3.05) is 0 Å². The van der Waals surface area contributed by atoms with Crippen LogP contribution in [0.15, 0.2) is 40.5 Å². The molecule has 0 saturated heterocycles. The van der Waals surface area contributed by atoms with Gasteiger partial charge in [-0.05, 0) is 53.4 Å². The van der Waals surface area contributed by atoms with Gasteiger partial charge in [0.25, 0.3) is 0 Å². The van der Waals surface area contributed by atoms with Crippen molar-refractivity contribution in [3.63, 3.8) is 0 Å². The molecule has 7 nitrogen and oxygen atoms in total. The smallest absolute Gasteiger partial charge is 0.406 e.